The Morgan fingerprint density at radius 2 is 1.83 bits per heavy atom. The molecule has 2 aromatic carbocycles. The maximum Gasteiger partial charge on any atom is 0.315 e. The smallest absolute Gasteiger partial charge is 0.315 e. The highest BCUT2D eigenvalue weighted by Crippen LogP contribution is 2.26. The van der Waals surface area contributed by atoms with Gasteiger partial charge < -0.3 is 10.6 Å². The van der Waals surface area contributed by atoms with Crippen LogP contribution in [-0.2, 0) is 13.1 Å². The van der Waals surface area contributed by atoms with Crippen LogP contribution < -0.4 is 10.6 Å². The van der Waals surface area contributed by atoms with Gasteiger partial charge in [0.2, 0.25) is 0 Å². The van der Waals surface area contributed by atoms with Crippen LogP contribution in [0.25, 0.3) is 0 Å². The fraction of sp³-hybridized carbons (Fsp3) is 0.174. The lowest BCUT2D eigenvalue weighted by molar-refractivity contribution is 0.238. The summed E-state index contributed by atoms with van der Waals surface area (Å²) in [5.41, 5.74) is 4.43. The molecule has 0 aliphatic heterocycles. The maximum absolute atomic E-state index is 12.6. The molecule has 2 N–H and O–H groups in total. The van der Waals surface area contributed by atoms with Crippen LogP contribution in [0.3, 0.4) is 0 Å². The molecule has 0 aliphatic carbocycles. The number of nitrogens with one attached hydrogen (secondary N) is 2. The fourth-order valence-corrected chi connectivity index (χ4v) is 3.96. The Bertz CT molecular complexity index is 1060. The van der Waals surface area contributed by atoms with Crippen molar-refractivity contribution in [2.75, 3.05) is 0 Å². The molecule has 0 unspecified atom stereocenters. The van der Waals surface area contributed by atoms with Gasteiger partial charge >= 0.3 is 6.03 Å². The monoisotopic (exact) mass is 417 g/mol. The lowest BCUT2D eigenvalue weighted by Crippen LogP contribution is -2.37. The molecule has 7 heteroatoms. The van der Waals surface area contributed by atoms with Gasteiger partial charge in [-0.05, 0) is 35.1 Å². The van der Waals surface area contributed by atoms with Gasteiger partial charge in [0.25, 0.3) is 0 Å². The van der Waals surface area contributed by atoms with Gasteiger partial charge in [0.15, 0.2) is 0 Å². The molecule has 4 rings (SSSR count). The van der Waals surface area contributed by atoms with E-state index in [9.17, 15) is 4.79 Å². The number of rotatable bonds is 7. The van der Waals surface area contributed by atoms with E-state index in [0.717, 1.165) is 21.6 Å². The second kappa shape index (κ2) is 9.37. The number of carbonyl (C=O) groups is 1. The molecule has 6 nitrogen and oxygen atoms in total. The SMILES string of the molecule is Cc1ccc([C@H](NC(=O)NCc2ccc(Cn3cncn3)cc2)c2cccs2)cc1. The number of hydrogen-bond acceptors (Lipinski definition) is 4. The molecule has 0 saturated heterocycles. The van der Waals surface area contributed by atoms with Crippen molar-refractivity contribution in [1.29, 1.82) is 0 Å². The number of benzene rings is 2. The number of hydrogen-bond donors (Lipinski definition) is 2. The minimum atomic E-state index is -0.194. The van der Waals surface area contributed by atoms with Crippen LogP contribution in [0.2, 0.25) is 0 Å². The van der Waals surface area contributed by atoms with Crippen molar-refractivity contribution in [2.24, 2.45) is 0 Å². The van der Waals surface area contributed by atoms with Crippen molar-refractivity contribution in [3.05, 3.63) is 106 Å². The van der Waals surface area contributed by atoms with Gasteiger partial charge in [-0.2, -0.15) is 5.10 Å². The summed E-state index contributed by atoms with van der Waals surface area (Å²) in [5.74, 6) is 0. The highest BCUT2D eigenvalue weighted by molar-refractivity contribution is 7.10. The van der Waals surface area contributed by atoms with Crippen molar-refractivity contribution < 1.29 is 4.79 Å². The number of nitrogens with zero attached hydrogens (tertiary/aromatic N) is 3. The van der Waals surface area contributed by atoms with Crippen LogP contribution in [0.15, 0.2) is 78.7 Å². The van der Waals surface area contributed by atoms with Gasteiger partial charge in [-0.15, -0.1) is 11.3 Å². The molecule has 0 radical (unpaired) electrons. The summed E-state index contributed by atoms with van der Waals surface area (Å²) >= 11 is 1.64. The molecule has 0 aliphatic rings. The second-order valence-corrected chi connectivity index (χ2v) is 8.07. The number of thiophene rings is 1. The highest BCUT2D eigenvalue weighted by Gasteiger charge is 2.17. The van der Waals surface area contributed by atoms with Crippen LogP contribution >= 0.6 is 11.3 Å². The van der Waals surface area contributed by atoms with Gasteiger partial charge in [0.05, 0.1) is 12.6 Å². The summed E-state index contributed by atoms with van der Waals surface area (Å²) in [4.78, 5) is 17.7. The largest absolute Gasteiger partial charge is 0.334 e. The lowest BCUT2D eigenvalue weighted by atomic mass is 10.0. The van der Waals surface area contributed by atoms with Gasteiger partial charge in [0, 0.05) is 11.4 Å². The van der Waals surface area contributed by atoms with E-state index in [1.165, 1.54) is 11.9 Å². The van der Waals surface area contributed by atoms with Crippen LogP contribution in [0.5, 0.6) is 0 Å². The molecule has 2 amide bonds. The van der Waals surface area contributed by atoms with Gasteiger partial charge in [0.1, 0.15) is 12.7 Å². The zero-order valence-corrected chi connectivity index (χ0v) is 17.5. The summed E-state index contributed by atoms with van der Waals surface area (Å²) in [6.07, 6.45) is 3.22. The van der Waals surface area contributed by atoms with E-state index in [-0.39, 0.29) is 12.1 Å². The first-order valence-corrected chi connectivity index (χ1v) is 10.6. The third-order valence-electron chi connectivity index (χ3n) is 4.80. The van der Waals surface area contributed by atoms with Crippen LogP contribution in [0.1, 0.15) is 33.2 Å². The minimum Gasteiger partial charge on any atom is -0.334 e. The third-order valence-corrected chi connectivity index (χ3v) is 5.74. The molecule has 0 bridgehead atoms. The molecule has 152 valence electrons. The van der Waals surface area contributed by atoms with Crippen LogP contribution in [0.4, 0.5) is 4.79 Å². The highest BCUT2D eigenvalue weighted by atomic mass is 32.1. The zero-order chi connectivity index (χ0) is 20.8. The fourth-order valence-electron chi connectivity index (χ4n) is 3.16. The van der Waals surface area contributed by atoms with E-state index >= 15 is 0 Å². The number of amides is 2. The maximum atomic E-state index is 12.6. The van der Waals surface area contributed by atoms with E-state index in [2.05, 4.69) is 51.9 Å². The van der Waals surface area contributed by atoms with Crippen molar-refractivity contribution >= 4 is 17.4 Å². The molecule has 0 fully saturated rings. The standard InChI is InChI=1S/C23H23N5OS/c1-17-4-10-20(11-5-17)22(21-3-2-12-30-21)27-23(29)25-13-18-6-8-19(9-7-18)14-28-16-24-15-26-28/h2-12,15-16,22H,13-14H2,1H3,(H2,25,27,29)/t22-/m0/s1. The Balaban J connectivity index is 1.36. The number of aromatic nitrogens is 3. The Kier molecular flexibility index (Phi) is 6.20. The topological polar surface area (TPSA) is 71.8 Å². The quantitative estimate of drug-likeness (QED) is 0.471. The predicted octanol–water partition coefficient (Wildman–Crippen LogP) is 4.29. The average molecular weight is 418 g/mol. The molecule has 2 aromatic heterocycles. The van der Waals surface area contributed by atoms with E-state index in [1.807, 2.05) is 41.8 Å². The first kappa shape index (κ1) is 19.8. The molecule has 4 aromatic rings. The molecule has 1 atom stereocenters. The molecular formula is C23H23N5OS. The Labute approximate surface area is 179 Å². The molecule has 2 heterocycles. The van der Waals surface area contributed by atoms with E-state index < -0.39 is 0 Å². The van der Waals surface area contributed by atoms with E-state index in [1.54, 1.807) is 22.3 Å². The third kappa shape index (κ3) is 5.12. The summed E-state index contributed by atoms with van der Waals surface area (Å²) in [6, 6.07) is 20.1. The number of urea groups is 1. The average Bonchev–Trinajstić information content (AvgIpc) is 3.47. The lowest BCUT2D eigenvalue weighted by Gasteiger charge is -2.19. The summed E-state index contributed by atoms with van der Waals surface area (Å²) in [6.45, 7) is 3.19. The van der Waals surface area contributed by atoms with Crippen LogP contribution in [0, 0.1) is 6.92 Å². The zero-order valence-electron chi connectivity index (χ0n) is 16.7. The summed E-state index contributed by atoms with van der Waals surface area (Å²) in [5, 5.41) is 12.2. The van der Waals surface area contributed by atoms with Crippen molar-refractivity contribution in [3.63, 3.8) is 0 Å². The van der Waals surface area contributed by atoms with Crippen molar-refractivity contribution in [1.82, 2.24) is 25.4 Å². The molecule has 0 spiro atoms. The second-order valence-electron chi connectivity index (χ2n) is 7.10. The minimum absolute atomic E-state index is 0.171. The molecule has 30 heavy (non-hydrogen) atoms. The van der Waals surface area contributed by atoms with Crippen molar-refractivity contribution in [2.45, 2.75) is 26.1 Å². The van der Waals surface area contributed by atoms with Gasteiger partial charge in [-0.1, -0.05) is 60.2 Å². The van der Waals surface area contributed by atoms with Crippen LogP contribution in [-0.4, -0.2) is 20.8 Å². The summed E-state index contributed by atoms with van der Waals surface area (Å²) < 4.78 is 1.77. The number of aryl methyl sites for hydroxylation is 1. The summed E-state index contributed by atoms with van der Waals surface area (Å²) in [7, 11) is 0. The Hall–Kier alpha value is -3.45. The van der Waals surface area contributed by atoms with Gasteiger partial charge in [-0.25, -0.2) is 14.5 Å². The first-order chi connectivity index (χ1) is 14.7. The Morgan fingerprint density at radius 1 is 1.07 bits per heavy atom. The number of carbonyl (C=O) groups excluding carboxylic acids is 1. The van der Waals surface area contributed by atoms with E-state index in [0.29, 0.717) is 13.1 Å². The van der Waals surface area contributed by atoms with E-state index in [4.69, 9.17) is 0 Å². The predicted molar refractivity (Wildman–Crippen MR) is 118 cm³/mol. The molecule has 0 saturated carbocycles. The van der Waals surface area contributed by atoms with Gasteiger partial charge in [-0.3, -0.25) is 0 Å². The van der Waals surface area contributed by atoms with Crippen molar-refractivity contribution in [3.8, 4) is 0 Å². The Morgan fingerprint density at radius 3 is 2.50 bits per heavy atom. The first-order valence-electron chi connectivity index (χ1n) is 9.72. The normalized spacial score (nSPS) is 11.8. The molecular weight excluding hydrogens is 394 g/mol.